The molecule has 0 bridgehead atoms. The van der Waals surface area contributed by atoms with E-state index in [1.54, 1.807) is 4.68 Å². The molecule has 0 saturated carbocycles. The van der Waals surface area contributed by atoms with Crippen LogP contribution in [0.1, 0.15) is 17.4 Å². The van der Waals surface area contributed by atoms with E-state index < -0.39 is 0 Å². The number of halogens is 1. The van der Waals surface area contributed by atoms with Gasteiger partial charge in [-0.15, -0.1) is 0 Å². The van der Waals surface area contributed by atoms with Gasteiger partial charge in [-0.1, -0.05) is 11.6 Å². The Balaban J connectivity index is 2.96. The topological polar surface area (TPSA) is 34.9 Å². The number of thioether (sulfide) groups is 1. The first-order valence-corrected chi connectivity index (χ1v) is 5.71. The normalized spacial score (nSPS) is 10.4. The van der Waals surface area contributed by atoms with E-state index in [2.05, 4.69) is 5.10 Å². The predicted octanol–water partition coefficient (Wildman–Crippen LogP) is 2.10. The molecule has 5 heteroatoms. The van der Waals surface area contributed by atoms with Crippen LogP contribution in [0.2, 0.25) is 5.02 Å². The summed E-state index contributed by atoms with van der Waals surface area (Å²) in [5.41, 5.74) is 0.526. The first-order valence-electron chi connectivity index (χ1n) is 3.94. The van der Waals surface area contributed by atoms with Crippen LogP contribution in [-0.4, -0.2) is 27.6 Å². The Morgan fingerprint density at radius 1 is 1.77 bits per heavy atom. The lowest BCUT2D eigenvalue weighted by Gasteiger charge is -2.02. The number of carbonyl (C=O) groups excluding carboxylic acids is 1. The molecule has 0 unspecified atom stereocenters. The molecule has 3 nitrogen and oxygen atoms in total. The molecule has 72 valence electrons. The molecule has 1 heterocycles. The highest BCUT2D eigenvalue weighted by Gasteiger charge is 2.15. The third kappa shape index (κ3) is 2.25. The largest absolute Gasteiger partial charge is 0.291 e. The summed E-state index contributed by atoms with van der Waals surface area (Å²) in [5, 5.41) is 4.44. The van der Waals surface area contributed by atoms with Gasteiger partial charge in [0, 0.05) is 6.54 Å². The van der Waals surface area contributed by atoms with Crippen LogP contribution in [0.15, 0.2) is 6.20 Å². The molecule has 0 fully saturated rings. The number of hydrogen-bond acceptors (Lipinski definition) is 3. The summed E-state index contributed by atoms with van der Waals surface area (Å²) < 4.78 is 1.63. The maximum Gasteiger partial charge on any atom is 0.192 e. The number of ketones is 1. The van der Waals surface area contributed by atoms with Crippen LogP contribution >= 0.6 is 23.4 Å². The first kappa shape index (κ1) is 10.6. The van der Waals surface area contributed by atoms with E-state index in [0.29, 0.717) is 23.0 Å². The zero-order chi connectivity index (χ0) is 9.84. The Bertz CT molecular complexity index is 311. The van der Waals surface area contributed by atoms with Gasteiger partial charge in [-0.3, -0.25) is 9.48 Å². The molecule has 0 saturated heterocycles. The number of nitrogens with zero attached hydrogens (tertiary/aromatic N) is 2. The molecule has 0 N–H and O–H groups in total. The maximum atomic E-state index is 11.5. The minimum absolute atomic E-state index is 0.0388. The van der Waals surface area contributed by atoms with Crippen LogP contribution in [0.5, 0.6) is 0 Å². The quantitative estimate of drug-likeness (QED) is 0.726. The lowest BCUT2D eigenvalue weighted by atomic mass is 10.3. The van der Waals surface area contributed by atoms with Gasteiger partial charge < -0.3 is 0 Å². The molecule has 0 radical (unpaired) electrons. The Labute approximate surface area is 86.5 Å². The minimum Gasteiger partial charge on any atom is -0.291 e. The van der Waals surface area contributed by atoms with Crippen LogP contribution in [0.3, 0.4) is 0 Å². The average molecular weight is 219 g/mol. The molecule has 0 aromatic carbocycles. The minimum atomic E-state index is 0.0388. The Morgan fingerprint density at radius 2 is 2.46 bits per heavy atom. The van der Waals surface area contributed by atoms with Crippen LogP contribution < -0.4 is 0 Å². The fourth-order valence-corrected chi connectivity index (χ4v) is 1.72. The van der Waals surface area contributed by atoms with Crippen molar-refractivity contribution in [1.82, 2.24) is 9.78 Å². The molecule has 1 aromatic rings. The van der Waals surface area contributed by atoms with Gasteiger partial charge in [-0.05, 0) is 13.2 Å². The molecule has 0 aliphatic carbocycles. The molecular formula is C8H11ClN2OS. The highest BCUT2D eigenvalue weighted by atomic mass is 35.5. The van der Waals surface area contributed by atoms with Gasteiger partial charge >= 0.3 is 0 Å². The lowest BCUT2D eigenvalue weighted by Crippen LogP contribution is -2.11. The van der Waals surface area contributed by atoms with Gasteiger partial charge in [0.25, 0.3) is 0 Å². The second-order valence-corrected chi connectivity index (χ2v) is 3.79. The van der Waals surface area contributed by atoms with Crippen molar-refractivity contribution in [3.63, 3.8) is 0 Å². The maximum absolute atomic E-state index is 11.5. The van der Waals surface area contributed by atoms with Crippen molar-refractivity contribution < 1.29 is 4.79 Å². The third-order valence-electron chi connectivity index (χ3n) is 1.63. The van der Waals surface area contributed by atoms with E-state index in [1.807, 2.05) is 13.2 Å². The van der Waals surface area contributed by atoms with Crippen molar-refractivity contribution in [3.8, 4) is 0 Å². The van der Waals surface area contributed by atoms with Crippen molar-refractivity contribution >= 4 is 29.1 Å². The van der Waals surface area contributed by atoms with E-state index in [9.17, 15) is 4.79 Å². The SMILES string of the molecule is CCn1ncc(Cl)c1C(=O)CSC. The standard InChI is InChI=1S/C8H11ClN2OS/c1-3-11-8(6(9)4-10-11)7(12)5-13-2/h4H,3,5H2,1-2H3. The summed E-state index contributed by atoms with van der Waals surface area (Å²) in [6.07, 6.45) is 3.40. The zero-order valence-corrected chi connectivity index (χ0v) is 9.15. The van der Waals surface area contributed by atoms with Crippen molar-refractivity contribution in [3.05, 3.63) is 16.9 Å². The summed E-state index contributed by atoms with van der Waals surface area (Å²) in [4.78, 5) is 11.5. The monoisotopic (exact) mass is 218 g/mol. The summed E-state index contributed by atoms with van der Waals surface area (Å²) in [6.45, 7) is 2.60. The van der Waals surface area contributed by atoms with Gasteiger partial charge in [0.2, 0.25) is 0 Å². The average Bonchev–Trinajstić information content (AvgIpc) is 2.47. The Hall–Kier alpha value is -0.480. The number of aromatic nitrogens is 2. The fraction of sp³-hybridized carbons (Fsp3) is 0.500. The number of rotatable bonds is 4. The lowest BCUT2D eigenvalue weighted by molar-refractivity contribution is 0.101. The summed E-state index contributed by atoms with van der Waals surface area (Å²) in [5.74, 6) is 0.489. The Morgan fingerprint density at radius 3 is 3.00 bits per heavy atom. The van der Waals surface area contributed by atoms with Gasteiger partial charge in [0.05, 0.1) is 17.0 Å². The van der Waals surface area contributed by atoms with E-state index in [0.717, 1.165) is 0 Å². The van der Waals surface area contributed by atoms with Crippen LogP contribution in [0, 0.1) is 0 Å². The molecule has 0 atom stereocenters. The number of Topliss-reactive ketones (excluding diaryl/α,β-unsaturated/α-hetero) is 1. The number of carbonyl (C=O) groups is 1. The molecule has 0 spiro atoms. The van der Waals surface area contributed by atoms with Gasteiger partial charge in [0.1, 0.15) is 5.69 Å². The van der Waals surface area contributed by atoms with E-state index in [1.165, 1.54) is 18.0 Å². The van der Waals surface area contributed by atoms with E-state index in [-0.39, 0.29) is 5.78 Å². The fourth-order valence-electron chi connectivity index (χ4n) is 1.08. The van der Waals surface area contributed by atoms with Crippen molar-refractivity contribution in [2.45, 2.75) is 13.5 Å². The van der Waals surface area contributed by atoms with E-state index >= 15 is 0 Å². The zero-order valence-electron chi connectivity index (χ0n) is 7.58. The van der Waals surface area contributed by atoms with E-state index in [4.69, 9.17) is 11.6 Å². The first-order chi connectivity index (χ1) is 6.20. The molecule has 0 aliphatic heterocycles. The smallest absolute Gasteiger partial charge is 0.192 e. The molecular weight excluding hydrogens is 208 g/mol. The van der Waals surface area contributed by atoms with Crippen LogP contribution in [-0.2, 0) is 6.54 Å². The van der Waals surface area contributed by atoms with Crippen molar-refractivity contribution in [1.29, 1.82) is 0 Å². The molecule has 1 rings (SSSR count). The van der Waals surface area contributed by atoms with Gasteiger partial charge in [-0.25, -0.2) is 0 Å². The van der Waals surface area contributed by atoms with Crippen molar-refractivity contribution in [2.75, 3.05) is 12.0 Å². The highest BCUT2D eigenvalue weighted by Crippen LogP contribution is 2.16. The Kier molecular flexibility index (Phi) is 3.81. The van der Waals surface area contributed by atoms with Crippen molar-refractivity contribution in [2.24, 2.45) is 0 Å². The summed E-state index contributed by atoms with van der Waals surface area (Å²) in [7, 11) is 0. The molecule has 0 aliphatic rings. The van der Waals surface area contributed by atoms with Crippen LogP contribution in [0.25, 0.3) is 0 Å². The second kappa shape index (κ2) is 4.67. The van der Waals surface area contributed by atoms with Gasteiger partial charge in [0.15, 0.2) is 5.78 Å². The summed E-state index contributed by atoms with van der Waals surface area (Å²) in [6, 6.07) is 0. The number of hydrogen-bond donors (Lipinski definition) is 0. The predicted molar refractivity (Wildman–Crippen MR) is 55.6 cm³/mol. The van der Waals surface area contributed by atoms with Crippen LogP contribution in [0.4, 0.5) is 0 Å². The molecule has 1 aromatic heterocycles. The van der Waals surface area contributed by atoms with Gasteiger partial charge in [-0.2, -0.15) is 16.9 Å². The molecule has 13 heavy (non-hydrogen) atoms. The molecule has 0 amide bonds. The highest BCUT2D eigenvalue weighted by molar-refractivity contribution is 7.99. The second-order valence-electron chi connectivity index (χ2n) is 2.51. The summed E-state index contributed by atoms with van der Waals surface area (Å²) >= 11 is 7.33. The number of aryl methyl sites for hydroxylation is 1. The third-order valence-corrected chi connectivity index (χ3v) is 2.46.